The molecule has 2 aromatic carbocycles. The van der Waals surface area contributed by atoms with Crippen molar-refractivity contribution in [3.8, 4) is 17.6 Å². The highest BCUT2D eigenvalue weighted by Crippen LogP contribution is 2.33. The van der Waals surface area contributed by atoms with Crippen LogP contribution in [0.15, 0.2) is 66.7 Å². The number of esters is 2. The molecule has 0 unspecified atom stereocenters. The Balaban J connectivity index is 1.63. The zero-order valence-electron chi connectivity index (χ0n) is 34.5. The number of nitrogens with one attached hydrogen (secondary N) is 1. The number of amides is 1. The number of carbonyl (C=O) groups excluding carboxylic acids is 3. The molecule has 1 fully saturated rings. The van der Waals surface area contributed by atoms with E-state index in [2.05, 4.69) is 41.4 Å². The van der Waals surface area contributed by atoms with Crippen molar-refractivity contribution >= 4 is 17.8 Å². The maximum absolute atomic E-state index is 14.1. The first-order chi connectivity index (χ1) is 26.8. The summed E-state index contributed by atoms with van der Waals surface area (Å²) in [5.74, 6) is 2.20. The predicted molar refractivity (Wildman–Crippen MR) is 218 cm³/mol. The second kappa shape index (κ2) is 23.8. The number of allylic oxidation sites excluding steroid dienone is 1. The van der Waals surface area contributed by atoms with E-state index in [0.717, 1.165) is 63.4 Å². The molecule has 3 rings (SSSR count). The molecule has 0 radical (unpaired) electrons. The number of hydrogen-bond donors (Lipinski definition) is 2. The minimum Gasteiger partial charge on any atom is -0.481 e. The number of rotatable bonds is 24. The highest BCUT2D eigenvalue weighted by Gasteiger charge is 2.49. The van der Waals surface area contributed by atoms with Gasteiger partial charge in [0.25, 0.3) is 0 Å². The first-order valence-corrected chi connectivity index (χ1v) is 20.3. The minimum absolute atomic E-state index is 0.0186. The van der Waals surface area contributed by atoms with E-state index in [1.54, 1.807) is 58.0 Å². The summed E-state index contributed by atoms with van der Waals surface area (Å²) in [7, 11) is 1.25. The van der Waals surface area contributed by atoms with Crippen molar-refractivity contribution in [3.63, 3.8) is 0 Å². The normalized spacial score (nSPS) is 15.9. The first-order valence-electron chi connectivity index (χ1n) is 20.3. The van der Waals surface area contributed by atoms with Gasteiger partial charge in [0, 0.05) is 19.3 Å². The van der Waals surface area contributed by atoms with Crippen LogP contribution in [-0.4, -0.2) is 72.9 Å². The van der Waals surface area contributed by atoms with Gasteiger partial charge in [-0.05, 0) is 95.9 Å². The van der Waals surface area contributed by atoms with Crippen LogP contribution >= 0.6 is 0 Å². The molecular formula is C46H65NO9. The molecule has 1 amide bonds. The van der Waals surface area contributed by atoms with Gasteiger partial charge in [0.2, 0.25) is 5.91 Å². The van der Waals surface area contributed by atoms with Crippen molar-refractivity contribution in [2.24, 2.45) is 5.92 Å². The predicted octanol–water partition coefficient (Wildman–Crippen LogP) is 7.83. The molecule has 56 heavy (non-hydrogen) atoms. The second-order valence-corrected chi connectivity index (χ2v) is 15.5. The van der Waals surface area contributed by atoms with Gasteiger partial charge in [-0.3, -0.25) is 4.79 Å². The fourth-order valence-corrected chi connectivity index (χ4v) is 6.86. The van der Waals surface area contributed by atoms with Crippen LogP contribution in [0.3, 0.4) is 0 Å². The summed E-state index contributed by atoms with van der Waals surface area (Å²) in [4.78, 5) is 40.6. The smallest absolute Gasteiger partial charge is 0.339 e. The van der Waals surface area contributed by atoms with Crippen LogP contribution in [-0.2, 0) is 46.2 Å². The Morgan fingerprint density at radius 1 is 0.929 bits per heavy atom. The van der Waals surface area contributed by atoms with E-state index in [4.69, 9.17) is 23.7 Å². The van der Waals surface area contributed by atoms with Crippen LogP contribution < -0.4 is 10.1 Å². The van der Waals surface area contributed by atoms with Crippen LogP contribution in [0.1, 0.15) is 116 Å². The summed E-state index contributed by atoms with van der Waals surface area (Å²) in [6.45, 7) is 10.2. The lowest BCUT2D eigenvalue weighted by Crippen LogP contribution is -2.56. The zero-order valence-corrected chi connectivity index (χ0v) is 34.5. The van der Waals surface area contributed by atoms with Gasteiger partial charge in [-0.2, -0.15) is 0 Å². The number of aryl methyl sites for hydroxylation is 1. The molecule has 1 saturated heterocycles. The monoisotopic (exact) mass is 775 g/mol. The van der Waals surface area contributed by atoms with E-state index in [-0.39, 0.29) is 19.4 Å². The lowest BCUT2D eigenvalue weighted by atomic mass is 9.81. The fourth-order valence-electron chi connectivity index (χ4n) is 6.86. The van der Waals surface area contributed by atoms with E-state index in [0.29, 0.717) is 31.8 Å². The van der Waals surface area contributed by atoms with Crippen LogP contribution in [0.25, 0.3) is 0 Å². The third-order valence-electron chi connectivity index (χ3n) is 9.77. The molecule has 3 atom stereocenters. The van der Waals surface area contributed by atoms with Gasteiger partial charge < -0.3 is 34.1 Å². The summed E-state index contributed by atoms with van der Waals surface area (Å²) in [6, 6.07) is 16.6. The molecule has 0 aliphatic carbocycles. The van der Waals surface area contributed by atoms with Crippen molar-refractivity contribution in [1.29, 1.82) is 0 Å². The summed E-state index contributed by atoms with van der Waals surface area (Å²) in [6.07, 6.45) is 13.3. The number of ether oxygens (including phenoxy) is 5. The molecule has 10 heteroatoms. The summed E-state index contributed by atoms with van der Waals surface area (Å²) < 4.78 is 28.5. The van der Waals surface area contributed by atoms with Gasteiger partial charge in [0.15, 0.2) is 11.4 Å². The number of methoxy groups -OCH3 is 1. The molecule has 0 saturated carbocycles. The summed E-state index contributed by atoms with van der Waals surface area (Å²) in [5.41, 5.74) is -0.964. The van der Waals surface area contributed by atoms with E-state index in [1.807, 2.05) is 19.1 Å². The van der Waals surface area contributed by atoms with Crippen molar-refractivity contribution in [3.05, 3.63) is 77.9 Å². The number of hydrogen-bond acceptors (Lipinski definition) is 9. The highest BCUT2D eigenvalue weighted by atomic mass is 16.7. The molecule has 2 aromatic rings. The largest absolute Gasteiger partial charge is 0.481 e. The quantitative estimate of drug-likeness (QED) is 0.0475. The molecular weight excluding hydrogens is 711 g/mol. The minimum atomic E-state index is -2.17. The molecule has 1 aliphatic heterocycles. The summed E-state index contributed by atoms with van der Waals surface area (Å²) in [5, 5.41) is 14.8. The number of benzene rings is 2. The Labute approximate surface area is 335 Å². The van der Waals surface area contributed by atoms with Crippen LogP contribution in [0.5, 0.6) is 5.75 Å². The molecule has 1 heterocycles. The Morgan fingerprint density at radius 2 is 1.59 bits per heavy atom. The number of carbonyl (C=O) groups is 3. The van der Waals surface area contributed by atoms with Crippen LogP contribution in [0, 0.1) is 17.8 Å². The third-order valence-corrected chi connectivity index (χ3v) is 9.77. The van der Waals surface area contributed by atoms with Gasteiger partial charge in [0.1, 0.15) is 24.0 Å². The van der Waals surface area contributed by atoms with Gasteiger partial charge in [-0.1, -0.05) is 86.7 Å². The average molecular weight is 776 g/mol. The molecule has 10 nitrogen and oxygen atoms in total. The molecule has 308 valence electrons. The Hall–Kier alpha value is -4.17. The van der Waals surface area contributed by atoms with E-state index in [1.165, 1.54) is 12.7 Å². The standard InChI is InChI=1S/C46H65NO9/c1-7-9-32-53-38-27-25-37(26-28-38)35-40(42(49)52-6)47-41(48)39(46(51,29-8-2)43(50)56-44(3,4)5)24-17-12-10-11-13-19-30-45(54-33-34-55-45)31-20-18-23-36-21-15-14-16-22-36/h14-17,21-22,24-28,39-40,51H,8,10-13,18-20,23,29-35H2,1-6H3,(H,47,48)/b24-17+/t39-,40+,46+/m1/s1. The van der Waals surface area contributed by atoms with Crippen LogP contribution in [0.2, 0.25) is 0 Å². The third kappa shape index (κ3) is 15.8. The topological polar surface area (TPSA) is 130 Å². The molecule has 1 aliphatic rings. The van der Waals surface area contributed by atoms with Crippen LogP contribution in [0.4, 0.5) is 0 Å². The lowest BCUT2D eigenvalue weighted by molar-refractivity contribution is -0.184. The average Bonchev–Trinajstić information content (AvgIpc) is 3.64. The maximum atomic E-state index is 14.1. The number of aliphatic hydroxyl groups is 1. The van der Waals surface area contributed by atoms with Crippen molar-refractivity contribution in [2.45, 2.75) is 141 Å². The zero-order chi connectivity index (χ0) is 40.9. The summed E-state index contributed by atoms with van der Waals surface area (Å²) >= 11 is 0. The van der Waals surface area contributed by atoms with Gasteiger partial charge in [-0.25, -0.2) is 9.59 Å². The molecule has 0 spiro atoms. The Kier molecular flexibility index (Phi) is 19.6. The molecule has 0 bridgehead atoms. The lowest BCUT2D eigenvalue weighted by Gasteiger charge is -2.34. The highest BCUT2D eigenvalue weighted by molar-refractivity contribution is 5.93. The Bertz CT molecular complexity index is 1570. The van der Waals surface area contributed by atoms with Crippen molar-refractivity contribution < 1.29 is 43.2 Å². The molecule has 0 aromatic heterocycles. The van der Waals surface area contributed by atoms with Gasteiger partial charge in [0.05, 0.1) is 26.2 Å². The van der Waals surface area contributed by atoms with E-state index < -0.39 is 46.8 Å². The van der Waals surface area contributed by atoms with Gasteiger partial charge in [-0.15, -0.1) is 5.92 Å². The van der Waals surface area contributed by atoms with Gasteiger partial charge >= 0.3 is 11.9 Å². The molecule has 2 N–H and O–H groups in total. The fraction of sp³-hybridized carbons (Fsp3) is 0.587. The van der Waals surface area contributed by atoms with E-state index >= 15 is 0 Å². The maximum Gasteiger partial charge on any atom is 0.339 e. The Morgan fingerprint density at radius 3 is 2.21 bits per heavy atom. The van der Waals surface area contributed by atoms with E-state index in [9.17, 15) is 19.5 Å². The van der Waals surface area contributed by atoms with Crippen molar-refractivity contribution in [2.75, 3.05) is 26.9 Å². The second-order valence-electron chi connectivity index (χ2n) is 15.5. The number of unbranched alkanes of at least 4 members (excludes halogenated alkanes) is 5. The first kappa shape index (κ1) is 46.2. The SMILES string of the molecule is CC#CCOc1ccc(C[C@H](NC(=O)[C@@H](/C=C/CCCCCCC2(CCCCc3ccccc3)OCCO2)[C@@](O)(CCC)C(=O)OC(C)(C)C)C(=O)OC)cc1. The van der Waals surface area contributed by atoms with Crippen molar-refractivity contribution in [1.82, 2.24) is 5.32 Å².